The highest BCUT2D eigenvalue weighted by Gasteiger charge is 2.14. The van der Waals surface area contributed by atoms with Gasteiger partial charge in [0.15, 0.2) is 0 Å². The molecule has 0 aliphatic carbocycles. The molecule has 0 atom stereocenters. The molecule has 20 heavy (non-hydrogen) atoms. The number of hydrogen-bond acceptors (Lipinski definition) is 3. The van der Waals surface area contributed by atoms with Crippen LogP contribution in [-0.2, 0) is 6.42 Å². The first-order valence-electron chi connectivity index (χ1n) is 7.01. The van der Waals surface area contributed by atoms with Crippen molar-refractivity contribution in [3.8, 4) is 5.75 Å². The van der Waals surface area contributed by atoms with Crippen LogP contribution in [0.5, 0.6) is 5.75 Å². The van der Waals surface area contributed by atoms with Crippen molar-refractivity contribution in [3.63, 3.8) is 0 Å². The van der Waals surface area contributed by atoms with Crippen LogP contribution in [0.1, 0.15) is 17.5 Å². The summed E-state index contributed by atoms with van der Waals surface area (Å²) in [5.41, 5.74) is 11.6. The van der Waals surface area contributed by atoms with Gasteiger partial charge in [-0.25, -0.2) is 0 Å². The van der Waals surface area contributed by atoms with Gasteiger partial charge in [0, 0.05) is 12.7 Å². The number of fused-ring (bicyclic) bond motifs is 1. The third-order valence-corrected chi connectivity index (χ3v) is 3.83. The normalized spacial score (nSPS) is 13.5. The molecular weight excluding hydrogens is 248 g/mol. The highest BCUT2D eigenvalue weighted by molar-refractivity contribution is 5.75. The Morgan fingerprint density at radius 2 is 2.00 bits per heavy atom. The first kappa shape index (κ1) is 12.9. The molecule has 0 bridgehead atoms. The van der Waals surface area contributed by atoms with Gasteiger partial charge in [-0.1, -0.05) is 6.07 Å². The summed E-state index contributed by atoms with van der Waals surface area (Å²) < 4.78 is 5.66. The van der Waals surface area contributed by atoms with Crippen LogP contribution in [0.15, 0.2) is 36.4 Å². The van der Waals surface area contributed by atoms with E-state index in [1.54, 1.807) is 0 Å². The number of aryl methyl sites for hydroxylation is 2. The summed E-state index contributed by atoms with van der Waals surface area (Å²) in [5, 5.41) is 0. The second kappa shape index (κ2) is 5.08. The van der Waals surface area contributed by atoms with Crippen molar-refractivity contribution in [2.24, 2.45) is 0 Å². The van der Waals surface area contributed by atoms with Crippen molar-refractivity contribution in [1.29, 1.82) is 0 Å². The van der Waals surface area contributed by atoms with Crippen LogP contribution in [0.2, 0.25) is 0 Å². The lowest BCUT2D eigenvalue weighted by atomic mass is 10.0. The van der Waals surface area contributed by atoms with Crippen molar-refractivity contribution < 1.29 is 4.74 Å². The molecule has 0 radical (unpaired) electrons. The van der Waals surface area contributed by atoms with Gasteiger partial charge in [0.25, 0.3) is 0 Å². The molecular formula is C17H20N2O. The van der Waals surface area contributed by atoms with E-state index >= 15 is 0 Å². The van der Waals surface area contributed by atoms with Gasteiger partial charge in [0.05, 0.1) is 18.0 Å². The molecule has 3 nitrogen and oxygen atoms in total. The molecule has 0 fully saturated rings. The van der Waals surface area contributed by atoms with E-state index in [9.17, 15) is 0 Å². The van der Waals surface area contributed by atoms with Crippen molar-refractivity contribution in [3.05, 3.63) is 47.5 Å². The molecule has 3 heteroatoms. The van der Waals surface area contributed by atoms with E-state index in [1.165, 1.54) is 11.1 Å². The molecule has 1 heterocycles. The Morgan fingerprint density at radius 1 is 1.15 bits per heavy atom. The van der Waals surface area contributed by atoms with Gasteiger partial charge in [0.2, 0.25) is 0 Å². The summed E-state index contributed by atoms with van der Waals surface area (Å²) >= 11 is 0. The number of benzene rings is 2. The van der Waals surface area contributed by atoms with Gasteiger partial charge in [-0.2, -0.15) is 0 Å². The molecule has 0 spiro atoms. The molecule has 2 N–H and O–H groups in total. The fourth-order valence-electron chi connectivity index (χ4n) is 2.64. The topological polar surface area (TPSA) is 38.5 Å². The minimum Gasteiger partial charge on any atom is -0.493 e. The van der Waals surface area contributed by atoms with Gasteiger partial charge >= 0.3 is 0 Å². The smallest absolute Gasteiger partial charge is 0.122 e. The Bertz CT molecular complexity index is 637. The summed E-state index contributed by atoms with van der Waals surface area (Å²) in [6, 6.07) is 12.5. The zero-order valence-electron chi connectivity index (χ0n) is 12.0. The number of hydrogen-bond donors (Lipinski definition) is 1. The standard InChI is InChI=1S/C17H20N2O/c1-12-5-7-15(18)16(10-12)19(2)14-6-8-17-13(11-14)4-3-9-20-17/h5-8,10-11H,3-4,9,18H2,1-2H3. The summed E-state index contributed by atoms with van der Waals surface area (Å²) in [6.45, 7) is 2.91. The maximum Gasteiger partial charge on any atom is 0.122 e. The van der Waals surface area contributed by atoms with Crippen molar-refractivity contribution in [1.82, 2.24) is 0 Å². The highest BCUT2D eigenvalue weighted by Crippen LogP contribution is 2.34. The van der Waals surface area contributed by atoms with Crippen LogP contribution in [-0.4, -0.2) is 13.7 Å². The Morgan fingerprint density at radius 3 is 2.85 bits per heavy atom. The summed E-state index contributed by atoms with van der Waals surface area (Å²) in [7, 11) is 2.05. The number of nitrogen functional groups attached to an aromatic ring is 1. The fourth-order valence-corrected chi connectivity index (χ4v) is 2.64. The largest absolute Gasteiger partial charge is 0.493 e. The van der Waals surface area contributed by atoms with Gasteiger partial charge in [-0.05, 0) is 61.2 Å². The van der Waals surface area contributed by atoms with Crippen LogP contribution < -0.4 is 15.4 Å². The predicted octanol–water partition coefficient (Wildman–Crippen LogP) is 3.67. The molecule has 3 rings (SSSR count). The molecule has 1 aliphatic rings. The molecule has 2 aromatic carbocycles. The monoisotopic (exact) mass is 268 g/mol. The highest BCUT2D eigenvalue weighted by atomic mass is 16.5. The summed E-state index contributed by atoms with van der Waals surface area (Å²) in [5.74, 6) is 1.02. The minimum atomic E-state index is 0.798. The minimum absolute atomic E-state index is 0.798. The average molecular weight is 268 g/mol. The van der Waals surface area contributed by atoms with Crippen molar-refractivity contribution in [2.75, 3.05) is 24.3 Å². The van der Waals surface area contributed by atoms with Crippen molar-refractivity contribution >= 4 is 17.1 Å². The Labute approximate surface area is 120 Å². The van der Waals surface area contributed by atoms with Crippen LogP contribution in [0.4, 0.5) is 17.1 Å². The Kier molecular flexibility index (Phi) is 3.26. The first-order chi connectivity index (χ1) is 9.65. The Hall–Kier alpha value is -2.16. The quantitative estimate of drug-likeness (QED) is 0.845. The lowest BCUT2D eigenvalue weighted by Gasteiger charge is -2.24. The first-order valence-corrected chi connectivity index (χ1v) is 7.01. The van der Waals surface area contributed by atoms with Gasteiger partial charge < -0.3 is 15.4 Å². The lowest BCUT2D eigenvalue weighted by Crippen LogP contribution is -2.14. The molecule has 1 aliphatic heterocycles. The van der Waals surface area contributed by atoms with Crippen LogP contribution in [0.3, 0.4) is 0 Å². The molecule has 0 aromatic heterocycles. The van der Waals surface area contributed by atoms with E-state index in [4.69, 9.17) is 10.5 Å². The second-order valence-corrected chi connectivity index (χ2v) is 5.37. The maximum atomic E-state index is 6.10. The van der Waals surface area contributed by atoms with E-state index < -0.39 is 0 Å². The predicted molar refractivity (Wildman–Crippen MR) is 83.9 cm³/mol. The van der Waals surface area contributed by atoms with Gasteiger partial charge in [-0.3, -0.25) is 0 Å². The third kappa shape index (κ3) is 2.31. The molecule has 0 saturated heterocycles. The Balaban J connectivity index is 1.97. The van der Waals surface area contributed by atoms with E-state index in [2.05, 4.69) is 43.1 Å². The number of nitrogens with zero attached hydrogens (tertiary/aromatic N) is 1. The van der Waals surface area contributed by atoms with E-state index in [-0.39, 0.29) is 0 Å². The summed E-state index contributed by atoms with van der Waals surface area (Å²) in [6.07, 6.45) is 2.17. The van der Waals surface area contributed by atoms with Gasteiger partial charge in [0.1, 0.15) is 5.75 Å². The zero-order valence-corrected chi connectivity index (χ0v) is 12.0. The van der Waals surface area contributed by atoms with E-state index in [0.717, 1.165) is 42.3 Å². The summed E-state index contributed by atoms with van der Waals surface area (Å²) in [4.78, 5) is 2.14. The maximum absolute atomic E-state index is 6.10. The van der Waals surface area contributed by atoms with Crippen LogP contribution >= 0.6 is 0 Å². The van der Waals surface area contributed by atoms with Crippen molar-refractivity contribution in [2.45, 2.75) is 19.8 Å². The SMILES string of the molecule is Cc1ccc(N)c(N(C)c2ccc3c(c2)CCCO3)c1. The molecule has 0 saturated carbocycles. The molecule has 2 aromatic rings. The fraction of sp³-hybridized carbons (Fsp3) is 0.294. The number of rotatable bonds is 2. The number of anilines is 3. The molecule has 104 valence electrons. The molecule has 0 amide bonds. The third-order valence-electron chi connectivity index (χ3n) is 3.83. The van der Waals surface area contributed by atoms with E-state index in [0.29, 0.717) is 0 Å². The average Bonchev–Trinajstić information content (AvgIpc) is 2.48. The second-order valence-electron chi connectivity index (χ2n) is 5.37. The van der Waals surface area contributed by atoms with Crippen LogP contribution in [0, 0.1) is 6.92 Å². The van der Waals surface area contributed by atoms with Gasteiger partial charge in [-0.15, -0.1) is 0 Å². The van der Waals surface area contributed by atoms with Crippen LogP contribution in [0.25, 0.3) is 0 Å². The lowest BCUT2D eigenvalue weighted by molar-refractivity contribution is 0.288. The van der Waals surface area contributed by atoms with E-state index in [1.807, 2.05) is 12.1 Å². The number of ether oxygens (including phenoxy) is 1. The molecule has 0 unspecified atom stereocenters. The number of nitrogens with two attached hydrogens (primary N) is 1. The zero-order chi connectivity index (χ0) is 14.1.